The number of aliphatic carboxylic acids is 1. The predicted octanol–water partition coefficient (Wildman–Crippen LogP) is 3.15. The van der Waals surface area contributed by atoms with Gasteiger partial charge in [0.2, 0.25) is 5.91 Å². The first kappa shape index (κ1) is 30.4. The van der Waals surface area contributed by atoms with Crippen molar-refractivity contribution >= 4 is 58.5 Å². The minimum absolute atomic E-state index is 0.0389. The number of carboxylic acids is 1. The van der Waals surface area contributed by atoms with Crippen LogP contribution in [0.1, 0.15) is 27.1 Å². The standard InChI is InChI=1S/C29H28Cl2N6O5/c30-21-13-19(17-6-2-1-3-7-17)14-22(31)25(21)27(40)37-23(28(41)42)15-34-24(38)16-35-26(39)18-8-4-9-20(12-18)36-29-32-10-5-11-33-29/h1-4,6-9,12-14,23H,5,10-11,15-16H2,(H,34,38)(H,35,39)(H,37,40)(H,41,42)(H2,32,33,36)/t23-/m0/s1. The van der Waals surface area contributed by atoms with Crippen molar-refractivity contribution in [2.24, 2.45) is 4.99 Å². The highest BCUT2D eigenvalue weighted by Crippen LogP contribution is 2.31. The van der Waals surface area contributed by atoms with E-state index in [1.165, 1.54) is 0 Å². The fourth-order valence-electron chi connectivity index (χ4n) is 4.05. The van der Waals surface area contributed by atoms with E-state index < -0.39 is 42.8 Å². The number of aliphatic imine (C=N–C) groups is 1. The van der Waals surface area contributed by atoms with Crippen LogP contribution in [-0.2, 0) is 9.59 Å². The Labute approximate surface area is 251 Å². The molecule has 1 aliphatic rings. The van der Waals surface area contributed by atoms with Gasteiger partial charge in [-0.25, -0.2) is 4.79 Å². The number of anilines is 1. The lowest BCUT2D eigenvalue weighted by molar-refractivity contribution is -0.139. The maximum Gasteiger partial charge on any atom is 0.328 e. The van der Waals surface area contributed by atoms with E-state index in [2.05, 4.69) is 31.6 Å². The molecule has 0 saturated heterocycles. The van der Waals surface area contributed by atoms with E-state index in [0.717, 1.165) is 18.5 Å². The number of carboxylic acid groups (broad SMARTS) is 1. The smallest absolute Gasteiger partial charge is 0.328 e. The molecular weight excluding hydrogens is 583 g/mol. The molecule has 42 heavy (non-hydrogen) atoms. The Morgan fingerprint density at radius 1 is 0.905 bits per heavy atom. The maximum atomic E-state index is 12.9. The molecule has 0 saturated carbocycles. The van der Waals surface area contributed by atoms with Gasteiger partial charge in [-0.1, -0.05) is 59.6 Å². The molecule has 11 nitrogen and oxygen atoms in total. The second-order valence-electron chi connectivity index (χ2n) is 9.25. The fraction of sp³-hybridized carbons (Fsp3) is 0.207. The summed E-state index contributed by atoms with van der Waals surface area (Å²) in [7, 11) is 0. The second-order valence-corrected chi connectivity index (χ2v) is 10.1. The number of amides is 3. The van der Waals surface area contributed by atoms with E-state index in [4.69, 9.17) is 23.2 Å². The van der Waals surface area contributed by atoms with Gasteiger partial charge in [-0.3, -0.25) is 19.4 Å². The van der Waals surface area contributed by atoms with Gasteiger partial charge in [-0.05, 0) is 47.9 Å². The number of benzene rings is 3. The number of guanidine groups is 1. The van der Waals surface area contributed by atoms with E-state index >= 15 is 0 Å². The molecule has 0 fully saturated rings. The van der Waals surface area contributed by atoms with Gasteiger partial charge in [0.25, 0.3) is 11.8 Å². The van der Waals surface area contributed by atoms with Crippen LogP contribution in [0.15, 0.2) is 71.7 Å². The third-order valence-electron chi connectivity index (χ3n) is 6.18. The predicted molar refractivity (Wildman–Crippen MR) is 161 cm³/mol. The second kappa shape index (κ2) is 14.3. The number of rotatable bonds is 10. The number of halogens is 2. The van der Waals surface area contributed by atoms with E-state index in [1.54, 1.807) is 36.4 Å². The van der Waals surface area contributed by atoms with Crippen molar-refractivity contribution in [1.29, 1.82) is 0 Å². The Kier molecular flexibility index (Phi) is 10.4. The normalized spacial score (nSPS) is 13.1. The van der Waals surface area contributed by atoms with Crippen LogP contribution in [0.25, 0.3) is 11.1 Å². The summed E-state index contributed by atoms with van der Waals surface area (Å²) in [5, 5.41) is 23.1. The lowest BCUT2D eigenvalue weighted by atomic mass is 10.0. The molecule has 0 aliphatic carbocycles. The first-order valence-corrected chi connectivity index (χ1v) is 13.8. The molecule has 4 rings (SSSR count). The van der Waals surface area contributed by atoms with E-state index in [0.29, 0.717) is 29.3 Å². The molecule has 0 unspecified atom stereocenters. The summed E-state index contributed by atoms with van der Waals surface area (Å²) >= 11 is 12.7. The van der Waals surface area contributed by atoms with Gasteiger partial charge in [0.1, 0.15) is 6.04 Å². The number of hydrogen-bond donors (Lipinski definition) is 6. The van der Waals surface area contributed by atoms with Crippen LogP contribution in [0.3, 0.4) is 0 Å². The molecule has 0 spiro atoms. The number of carbonyl (C=O) groups excluding carboxylic acids is 3. The molecule has 218 valence electrons. The van der Waals surface area contributed by atoms with Gasteiger partial charge < -0.3 is 31.7 Å². The van der Waals surface area contributed by atoms with Crippen molar-refractivity contribution in [3.63, 3.8) is 0 Å². The van der Waals surface area contributed by atoms with Crippen molar-refractivity contribution in [3.8, 4) is 11.1 Å². The van der Waals surface area contributed by atoms with Gasteiger partial charge in [0, 0.05) is 30.9 Å². The highest BCUT2D eigenvalue weighted by atomic mass is 35.5. The molecule has 1 atom stereocenters. The third kappa shape index (κ3) is 8.21. The number of nitrogens with one attached hydrogen (secondary N) is 5. The zero-order chi connectivity index (χ0) is 30.1. The minimum atomic E-state index is -1.49. The van der Waals surface area contributed by atoms with Crippen LogP contribution in [0, 0.1) is 0 Å². The van der Waals surface area contributed by atoms with Crippen molar-refractivity contribution in [2.75, 3.05) is 31.5 Å². The highest BCUT2D eigenvalue weighted by molar-refractivity contribution is 6.40. The van der Waals surface area contributed by atoms with Crippen molar-refractivity contribution in [3.05, 3.63) is 87.9 Å². The van der Waals surface area contributed by atoms with Crippen LogP contribution in [0.2, 0.25) is 10.0 Å². The molecule has 0 bridgehead atoms. The summed E-state index contributed by atoms with van der Waals surface area (Å²) in [6.07, 6.45) is 0.945. The number of hydrogen-bond acceptors (Lipinski definition) is 7. The quantitative estimate of drug-likeness (QED) is 0.205. The molecule has 0 radical (unpaired) electrons. The number of carbonyl (C=O) groups is 4. The summed E-state index contributed by atoms with van der Waals surface area (Å²) in [4.78, 5) is 53.9. The van der Waals surface area contributed by atoms with Gasteiger partial charge in [-0.15, -0.1) is 0 Å². The average molecular weight is 611 g/mol. The number of nitrogens with zero attached hydrogens (tertiary/aromatic N) is 1. The summed E-state index contributed by atoms with van der Waals surface area (Å²) < 4.78 is 0. The van der Waals surface area contributed by atoms with E-state index in [-0.39, 0.29) is 15.6 Å². The molecule has 1 aliphatic heterocycles. The molecule has 3 amide bonds. The van der Waals surface area contributed by atoms with Crippen LogP contribution in [-0.4, -0.2) is 67.0 Å². The maximum absolute atomic E-state index is 12.9. The van der Waals surface area contributed by atoms with Crippen LogP contribution in [0.4, 0.5) is 5.69 Å². The Balaban J connectivity index is 1.30. The Morgan fingerprint density at radius 3 is 2.31 bits per heavy atom. The largest absolute Gasteiger partial charge is 0.480 e. The zero-order valence-electron chi connectivity index (χ0n) is 22.2. The van der Waals surface area contributed by atoms with Crippen LogP contribution < -0.4 is 26.6 Å². The summed E-state index contributed by atoms with van der Waals surface area (Å²) in [5.74, 6) is -2.74. The monoisotopic (exact) mass is 610 g/mol. The molecule has 1 heterocycles. The summed E-state index contributed by atoms with van der Waals surface area (Å²) in [5.41, 5.74) is 2.39. The third-order valence-corrected chi connectivity index (χ3v) is 6.77. The molecular formula is C29H28Cl2N6O5. The Hall–Kier alpha value is -4.61. The zero-order valence-corrected chi connectivity index (χ0v) is 23.8. The lowest BCUT2D eigenvalue weighted by Crippen LogP contribution is -2.50. The van der Waals surface area contributed by atoms with E-state index in [1.807, 2.05) is 30.3 Å². The van der Waals surface area contributed by atoms with Crippen molar-refractivity contribution in [1.82, 2.24) is 21.3 Å². The molecule has 3 aromatic carbocycles. The van der Waals surface area contributed by atoms with Gasteiger partial charge in [0.05, 0.1) is 22.2 Å². The topological polar surface area (TPSA) is 161 Å². The van der Waals surface area contributed by atoms with E-state index in [9.17, 15) is 24.3 Å². The molecule has 13 heteroatoms. The Morgan fingerprint density at radius 2 is 1.64 bits per heavy atom. The van der Waals surface area contributed by atoms with Crippen LogP contribution >= 0.6 is 23.2 Å². The first-order chi connectivity index (χ1) is 20.2. The SMILES string of the molecule is O=C(CNC(=O)c1cccc(NC2=NCCCN2)c1)NC[C@H](NC(=O)c1c(Cl)cc(-c2ccccc2)cc1Cl)C(=O)O. The van der Waals surface area contributed by atoms with Crippen molar-refractivity contribution < 1.29 is 24.3 Å². The highest BCUT2D eigenvalue weighted by Gasteiger charge is 2.25. The molecule has 6 N–H and O–H groups in total. The lowest BCUT2D eigenvalue weighted by Gasteiger charge is -2.17. The summed E-state index contributed by atoms with van der Waals surface area (Å²) in [6.45, 7) is 0.655. The van der Waals surface area contributed by atoms with Crippen molar-refractivity contribution in [2.45, 2.75) is 12.5 Å². The fourth-order valence-corrected chi connectivity index (χ4v) is 4.71. The minimum Gasteiger partial charge on any atom is -0.480 e. The van der Waals surface area contributed by atoms with Crippen LogP contribution in [0.5, 0.6) is 0 Å². The van der Waals surface area contributed by atoms with Gasteiger partial charge in [-0.2, -0.15) is 0 Å². The molecule has 0 aromatic heterocycles. The van der Waals surface area contributed by atoms with Gasteiger partial charge >= 0.3 is 5.97 Å². The Bertz CT molecular complexity index is 1490. The first-order valence-electron chi connectivity index (χ1n) is 13.0. The van der Waals surface area contributed by atoms with Gasteiger partial charge in [0.15, 0.2) is 5.96 Å². The summed E-state index contributed by atoms with van der Waals surface area (Å²) in [6, 6.07) is 17.6. The average Bonchev–Trinajstić information content (AvgIpc) is 2.98. The molecule has 3 aromatic rings.